The number of rotatable bonds is 7. The van der Waals surface area contributed by atoms with Crippen LogP contribution in [-0.4, -0.2) is 0 Å². The number of benzene rings is 9. The van der Waals surface area contributed by atoms with Gasteiger partial charge in [0.2, 0.25) is 0 Å². The molecule has 1 aromatic heterocycles. The summed E-state index contributed by atoms with van der Waals surface area (Å²) in [4.78, 5) is 2.42. The first kappa shape index (κ1) is 31.6. The van der Waals surface area contributed by atoms with Crippen LogP contribution in [0.25, 0.3) is 77.2 Å². The van der Waals surface area contributed by atoms with Crippen LogP contribution in [-0.2, 0) is 0 Å². The summed E-state index contributed by atoms with van der Waals surface area (Å²) in [5.74, 6) is 0. The highest BCUT2D eigenvalue weighted by molar-refractivity contribution is 6.17. The summed E-state index contributed by atoms with van der Waals surface area (Å²) in [7, 11) is 0. The number of hydrogen-bond acceptors (Lipinski definition) is 2. The van der Waals surface area contributed by atoms with Crippen LogP contribution in [0.1, 0.15) is 0 Å². The molecule has 254 valence electrons. The number of furan rings is 1. The van der Waals surface area contributed by atoms with Crippen molar-refractivity contribution in [2.75, 3.05) is 4.90 Å². The van der Waals surface area contributed by atoms with Crippen LogP contribution in [0.3, 0.4) is 0 Å². The van der Waals surface area contributed by atoms with E-state index in [9.17, 15) is 0 Å². The Hall–Kier alpha value is -7.16. The second kappa shape index (κ2) is 13.4. The van der Waals surface area contributed by atoms with Crippen LogP contribution in [0.2, 0.25) is 0 Å². The predicted octanol–water partition coefficient (Wildman–Crippen LogP) is 14.9. The lowest BCUT2D eigenvalue weighted by molar-refractivity contribution is 0.670. The van der Waals surface area contributed by atoms with Crippen molar-refractivity contribution in [3.05, 3.63) is 212 Å². The molecule has 0 radical (unpaired) electrons. The van der Waals surface area contributed by atoms with Crippen LogP contribution in [0.5, 0.6) is 0 Å². The molecule has 0 amide bonds. The van der Waals surface area contributed by atoms with Crippen molar-refractivity contribution in [2.45, 2.75) is 0 Å². The number of anilines is 3. The molecule has 0 aliphatic heterocycles. The normalized spacial score (nSPS) is 11.3. The molecule has 10 rings (SSSR count). The van der Waals surface area contributed by atoms with Gasteiger partial charge < -0.3 is 9.32 Å². The second-order valence-corrected chi connectivity index (χ2v) is 13.7. The summed E-state index contributed by atoms with van der Waals surface area (Å²) >= 11 is 0. The van der Waals surface area contributed by atoms with E-state index in [4.69, 9.17) is 4.42 Å². The van der Waals surface area contributed by atoms with E-state index >= 15 is 0 Å². The molecule has 2 heteroatoms. The van der Waals surface area contributed by atoms with E-state index in [1.165, 1.54) is 27.5 Å². The molecule has 0 aliphatic carbocycles. The first-order chi connectivity index (χ1) is 26.8. The second-order valence-electron chi connectivity index (χ2n) is 13.7. The van der Waals surface area contributed by atoms with Crippen molar-refractivity contribution in [3.8, 4) is 44.5 Å². The monoisotopic (exact) mass is 689 g/mol. The van der Waals surface area contributed by atoms with Gasteiger partial charge in [-0.25, -0.2) is 0 Å². The number of para-hydroxylation sites is 2. The van der Waals surface area contributed by atoms with E-state index in [2.05, 4.69) is 217 Å². The Bertz CT molecular complexity index is 2920. The Morgan fingerprint density at radius 2 is 0.944 bits per heavy atom. The summed E-state index contributed by atoms with van der Waals surface area (Å²) in [6.45, 7) is 0. The van der Waals surface area contributed by atoms with Gasteiger partial charge in [-0.15, -0.1) is 0 Å². The van der Waals surface area contributed by atoms with Crippen LogP contribution in [0.15, 0.2) is 217 Å². The first-order valence-corrected chi connectivity index (χ1v) is 18.4. The molecule has 0 spiro atoms. The van der Waals surface area contributed by atoms with Crippen molar-refractivity contribution in [3.63, 3.8) is 0 Å². The molecule has 10 aromatic rings. The maximum Gasteiger partial charge on any atom is 0.145 e. The van der Waals surface area contributed by atoms with Gasteiger partial charge in [0.05, 0.1) is 16.8 Å². The van der Waals surface area contributed by atoms with Gasteiger partial charge in [0.1, 0.15) is 11.2 Å². The minimum absolute atomic E-state index is 0.866. The van der Waals surface area contributed by atoms with Crippen molar-refractivity contribution >= 4 is 49.8 Å². The molecule has 0 saturated heterocycles. The van der Waals surface area contributed by atoms with Crippen molar-refractivity contribution < 1.29 is 4.42 Å². The minimum atomic E-state index is 0.866. The standard InChI is InChI=1S/C52H35NO/c1-3-14-36(15-4-1)39-26-29-40(30-27-39)45-22-9-11-24-48(45)53(44-21-13-20-42(35-44)37-16-5-2-6-17-37)49-33-32-46(43-31-28-38-18-7-8-19-41(38)34-43)52-51(49)47-23-10-12-25-50(47)54-52/h1-35H. The fraction of sp³-hybridized carbons (Fsp3) is 0. The maximum absolute atomic E-state index is 6.85. The molecule has 54 heavy (non-hydrogen) atoms. The van der Waals surface area contributed by atoms with Crippen molar-refractivity contribution in [1.29, 1.82) is 0 Å². The molecule has 9 aromatic carbocycles. The minimum Gasteiger partial charge on any atom is -0.455 e. The zero-order valence-corrected chi connectivity index (χ0v) is 29.6. The van der Waals surface area contributed by atoms with Crippen LogP contribution < -0.4 is 4.90 Å². The molecule has 0 bridgehead atoms. The van der Waals surface area contributed by atoms with Crippen LogP contribution >= 0.6 is 0 Å². The molecular formula is C52H35NO. The van der Waals surface area contributed by atoms with E-state index in [1.807, 2.05) is 0 Å². The van der Waals surface area contributed by atoms with E-state index < -0.39 is 0 Å². The largest absolute Gasteiger partial charge is 0.455 e. The average molecular weight is 690 g/mol. The Morgan fingerprint density at radius 1 is 0.333 bits per heavy atom. The fourth-order valence-electron chi connectivity index (χ4n) is 7.83. The molecule has 2 nitrogen and oxygen atoms in total. The summed E-state index contributed by atoms with van der Waals surface area (Å²) in [5.41, 5.74) is 14.2. The number of fused-ring (bicyclic) bond motifs is 4. The lowest BCUT2D eigenvalue weighted by Gasteiger charge is -2.29. The van der Waals surface area contributed by atoms with E-state index in [1.54, 1.807) is 0 Å². The molecular weight excluding hydrogens is 655 g/mol. The quantitative estimate of drug-likeness (QED) is 0.166. The maximum atomic E-state index is 6.85. The van der Waals surface area contributed by atoms with Crippen LogP contribution in [0.4, 0.5) is 17.1 Å². The molecule has 0 N–H and O–H groups in total. The number of nitrogens with zero attached hydrogens (tertiary/aromatic N) is 1. The van der Waals surface area contributed by atoms with Gasteiger partial charge >= 0.3 is 0 Å². The Morgan fingerprint density at radius 3 is 1.76 bits per heavy atom. The predicted molar refractivity (Wildman–Crippen MR) is 228 cm³/mol. The van der Waals surface area contributed by atoms with Gasteiger partial charge in [-0.05, 0) is 86.6 Å². The van der Waals surface area contributed by atoms with Crippen molar-refractivity contribution in [2.24, 2.45) is 0 Å². The van der Waals surface area contributed by atoms with Gasteiger partial charge in [-0.3, -0.25) is 0 Å². The van der Waals surface area contributed by atoms with Gasteiger partial charge in [-0.2, -0.15) is 0 Å². The molecule has 0 aliphatic rings. The van der Waals surface area contributed by atoms with Crippen molar-refractivity contribution in [1.82, 2.24) is 0 Å². The Labute approximate surface area is 314 Å². The third kappa shape index (κ3) is 5.62. The molecule has 1 heterocycles. The third-order valence-corrected chi connectivity index (χ3v) is 10.5. The van der Waals surface area contributed by atoms with Gasteiger partial charge in [0.15, 0.2) is 0 Å². The first-order valence-electron chi connectivity index (χ1n) is 18.4. The molecule has 0 atom stereocenters. The van der Waals surface area contributed by atoms with E-state index in [0.29, 0.717) is 0 Å². The highest BCUT2D eigenvalue weighted by Gasteiger charge is 2.24. The average Bonchev–Trinajstić information content (AvgIpc) is 3.65. The zero-order chi connectivity index (χ0) is 35.8. The van der Waals surface area contributed by atoms with E-state index in [-0.39, 0.29) is 0 Å². The molecule has 0 saturated carbocycles. The summed E-state index contributed by atoms with van der Waals surface area (Å²) < 4.78 is 6.85. The lowest BCUT2D eigenvalue weighted by Crippen LogP contribution is -2.12. The zero-order valence-electron chi connectivity index (χ0n) is 29.6. The van der Waals surface area contributed by atoms with Gasteiger partial charge in [0, 0.05) is 22.2 Å². The molecule has 0 unspecified atom stereocenters. The topological polar surface area (TPSA) is 16.4 Å². The number of hydrogen-bond donors (Lipinski definition) is 0. The lowest BCUT2D eigenvalue weighted by atomic mass is 9.96. The van der Waals surface area contributed by atoms with E-state index in [0.717, 1.165) is 66.8 Å². The summed E-state index contributed by atoms with van der Waals surface area (Å²) in [6, 6.07) is 75.8. The summed E-state index contributed by atoms with van der Waals surface area (Å²) in [6.07, 6.45) is 0. The van der Waals surface area contributed by atoms with Gasteiger partial charge in [0.25, 0.3) is 0 Å². The fourth-order valence-corrected chi connectivity index (χ4v) is 7.83. The third-order valence-electron chi connectivity index (χ3n) is 10.5. The Balaban J connectivity index is 1.22. The van der Waals surface area contributed by atoms with Gasteiger partial charge in [-0.1, -0.05) is 170 Å². The highest BCUT2D eigenvalue weighted by Crippen LogP contribution is 2.48. The highest BCUT2D eigenvalue weighted by atomic mass is 16.3. The van der Waals surface area contributed by atoms with Crippen LogP contribution in [0, 0.1) is 0 Å². The Kier molecular flexibility index (Phi) is 7.85. The molecule has 0 fully saturated rings. The summed E-state index contributed by atoms with van der Waals surface area (Å²) in [5, 5.41) is 4.58. The smallest absolute Gasteiger partial charge is 0.145 e. The SMILES string of the molecule is c1ccc(-c2ccc(-c3ccccc3N(c3cccc(-c4ccccc4)c3)c3ccc(-c4ccc5ccccc5c4)c4oc5ccccc5c34)cc2)cc1.